The Morgan fingerprint density at radius 3 is 2.23 bits per heavy atom. The van der Waals surface area contributed by atoms with Crippen LogP contribution in [0.25, 0.3) is 0 Å². The largest absolute Gasteiger partial charge is 0.332 e. The van der Waals surface area contributed by atoms with Crippen molar-refractivity contribution in [2.24, 2.45) is 10.8 Å². The first-order valence-electron chi connectivity index (χ1n) is 8.48. The highest BCUT2D eigenvalue weighted by atomic mass is 16.2. The third-order valence-electron chi connectivity index (χ3n) is 5.65. The van der Waals surface area contributed by atoms with Crippen molar-refractivity contribution >= 4 is 11.8 Å². The number of hydrogen-bond donors (Lipinski definition) is 0. The summed E-state index contributed by atoms with van der Waals surface area (Å²) in [6, 6.07) is 0.248. The first-order chi connectivity index (χ1) is 10.2. The zero-order valence-corrected chi connectivity index (χ0v) is 14.4. The molecule has 0 aromatic carbocycles. The highest BCUT2D eigenvalue weighted by molar-refractivity contribution is 6.35. The minimum absolute atomic E-state index is 0.185. The predicted octanol–water partition coefficient (Wildman–Crippen LogP) is 1.19. The second-order valence-corrected chi connectivity index (χ2v) is 8.74. The van der Waals surface area contributed by atoms with Gasteiger partial charge in [0, 0.05) is 38.8 Å². The molecule has 2 atom stereocenters. The van der Waals surface area contributed by atoms with Crippen LogP contribution in [-0.2, 0) is 9.59 Å². The SMILES string of the molecule is CN1CCN(C(=O)C(=O)N2CC3(C)CC2CC(C)(C)C3)CC1. The number of amides is 2. The van der Waals surface area contributed by atoms with Gasteiger partial charge in [0.15, 0.2) is 0 Å². The maximum atomic E-state index is 12.7. The van der Waals surface area contributed by atoms with Gasteiger partial charge in [-0.05, 0) is 37.1 Å². The molecule has 5 heteroatoms. The van der Waals surface area contributed by atoms with E-state index >= 15 is 0 Å². The minimum Gasteiger partial charge on any atom is -0.332 e. The minimum atomic E-state index is -0.290. The molecule has 1 saturated carbocycles. The van der Waals surface area contributed by atoms with E-state index in [4.69, 9.17) is 0 Å². The molecule has 1 aliphatic carbocycles. The number of likely N-dealkylation sites (N-methyl/N-ethyl adjacent to an activating group) is 1. The van der Waals surface area contributed by atoms with E-state index in [1.165, 1.54) is 0 Å². The summed E-state index contributed by atoms with van der Waals surface area (Å²) in [6.07, 6.45) is 3.21. The molecule has 3 rings (SSSR count). The molecule has 0 N–H and O–H groups in total. The Balaban J connectivity index is 1.69. The summed E-state index contributed by atoms with van der Waals surface area (Å²) in [4.78, 5) is 31.1. The molecule has 3 aliphatic rings. The second-order valence-electron chi connectivity index (χ2n) is 8.74. The molecule has 2 unspecified atom stereocenters. The Kier molecular flexibility index (Phi) is 3.75. The lowest BCUT2D eigenvalue weighted by atomic mass is 9.65. The maximum Gasteiger partial charge on any atom is 0.312 e. The molecule has 3 fully saturated rings. The molecule has 2 amide bonds. The number of carbonyl (C=O) groups is 2. The van der Waals surface area contributed by atoms with Crippen molar-refractivity contribution in [3.05, 3.63) is 0 Å². The molecule has 0 aromatic rings. The summed E-state index contributed by atoms with van der Waals surface area (Å²) in [5, 5.41) is 0. The van der Waals surface area contributed by atoms with E-state index < -0.39 is 0 Å². The van der Waals surface area contributed by atoms with Crippen LogP contribution in [0.3, 0.4) is 0 Å². The summed E-state index contributed by atoms with van der Waals surface area (Å²) in [6.45, 7) is 10.6. The van der Waals surface area contributed by atoms with E-state index in [-0.39, 0.29) is 28.7 Å². The van der Waals surface area contributed by atoms with Crippen LogP contribution < -0.4 is 0 Å². The topological polar surface area (TPSA) is 43.9 Å². The average Bonchev–Trinajstić information content (AvgIpc) is 2.67. The van der Waals surface area contributed by atoms with Gasteiger partial charge in [-0.2, -0.15) is 0 Å². The smallest absolute Gasteiger partial charge is 0.312 e. The molecule has 2 saturated heterocycles. The molecule has 0 aromatic heterocycles. The number of rotatable bonds is 0. The fraction of sp³-hybridized carbons (Fsp3) is 0.882. The van der Waals surface area contributed by atoms with Crippen molar-refractivity contribution in [2.45, 2.75) is 46.1 Å². The Bertz CT molecular complexity index is 482. The van der Waals surface area contributed by atoms with Gasteiger partial charge in [-0.3, -0.25) is 9.59 Å². The van der Waals surface area contributed by atoms with Crippen molar-refractivity contribution in [1.82, 2.24) is 14.7 Å². The van der Waals surface area contributed by atoms with Crippen LogP contribution in [0.15, 0.2) is 0 Å². The summed E-state index contributed by atoms with van der Waals surface area (Å²) in [7, 11) is 2.05. The van der Waals surface area contributed by atoms with Gasteiger partial charge in [-0.1, -0.05) is 20.8 Å². The summed E-state index contributed by atoms with van der Waals surface area (Å²) in [5.41, 5.74) is 0.452. The lowest BCUT2D eigenvalue weighted by Crippen LogP contribution is -2.53. The molecule has 2 aliphatic heterocycles. The predicted molar refractivity (Wildman–Crippen MR) is 85.3 cm³/mol. The monoisotopic (exact) mass is 307 g/mol. The molecule has 2 bridgehead atoms. The summed E-state index contributed by atoms with van der Waals surface area (Å²) >= 11 is 0. The van der Waals surface area contributed by atoms with E-state index in [0.717, 1.165) is 38.9 Å². The number of piperazine rings is 1. The van der Waals surface area contributed by atoms with Crippen LogP contribution in [0, 0.1) is 10.8 Å². The van der Waals surface area contributed by atoms with Gasteiger partial charge in [0.1, 0.15) is 0 Å². The van der Waals surface area contributed by atoms with Gasteiger partial charge in [0.05, 0.1) is 0 Å². The zero-order valence-electron chi connectivity index (χ0n) is 14.4. The van der Waals surface area contributed by atoms with Crippen LogP contribution in [-0.4, -0.2) is 72.3 Å². The Morgan fingerprint density at radius 2 is 1.59 bits per heavy atom. The van der Waals surface area contributed by atoms with Crippen LogP contribution >= 0.6 is 0 Å². The van der Waals surface area contributed by atoms with E-state index in [1.807, 2.05) is 4.90 Å². The van der Waals surface area contributed by atoms with Gasteiger partial charge in [-0.25, -0.2) is 0 Å². The Morgan fingerprint density at radius 1 is 0.955 bits per heavy atom. The highest BCUT2D eigenvalue weighted by Crippen LogP contribution is 2.52. The van der Waals surface area contributed by atoms with Crippen molar-refractivity contribution in [2.75, 3.05) is 39.8 Å². The van der Waals surface area contributed by atoms with Gasteiger partial charge in [-0.15, -0.1) is 0 Å². The van der Waals surface area contributed by atoms with E-state index in [2.05, 4.69) is 32.7 Å². The van der Waals surface area contributed by atoms with Crippen molar-refractivity contribution < 1.29 is 9.59 Å². The summed E-state index contributed by atoms with van der Waals surface area (Å²) in [5.74, 6) is -0.557. The normalized spacial score (nSPS) is 34.8. The number of likely N-dealkylation sites (tertiary alicyclic amines) is 1. The molecule has 0 spiro atoms. The molecular formula is C17H29N3O2. The molecule has 124 valence electrons. The summed E-state index contributed by atoms with van der Waals surface area (Å²) < 4.78 is 0. The van der Waals surface area contributed by atoms with Gasteiger partial charge in [0.2, 0.25) is 0 Å². The second kappa shape index (κ2) is 5.22. The number of carbonyl (C=O) groups excluding carboxylic acids is 2. The fourth-order valence-corrected chi connectivity index (χ4v) is 4.97. The third-order valence-corrected chi connectivity index (χ3v) is 5.65. The van der Waals surface area contributed by atoms with Crippen LogP contribution in [0.5, 0.6) is 0 Å². The molecule has 22 heavy (non-hydrogen) atoms. The fourth-order valence-electron chi connectivity index (χ4n) is 4.97. The highest BCUT2D eigenvalue weighted by Gasteiger charge is 2.52. The quantitative estimate of drug-likeness (QED) is 0.631. The Hall–Kier alpha value is -1.10. The van der Waals surface area contributed by atoms with Crippen LogP contribution in [0.1, 0.15) is 40.0 Å². The van der Waals surface area contributed by atoms with Crippen molar-refractivity contribution in [3.63, 3.8) is 0 Å². The molecule has 2 heterocycles. The zero-order chi connectivity index (χ0) is 16.1. The van der Waals surface area contributed by atoms with E-state index in [9.17, 15) is 9.59 Å². The van der Waals surface area contributed by atoms with Gasteiger partial charge >= 0.3 is 11.8 Å². The lowest BCUT2D eigenvalue weighted by molar-refractivity contribution is -0.153. The van der Waals surface area contributed by atoms with E-state index in [0.29, 0.717) is 13.1 Å². The number of nitrogens with zero attached hydrogens (tertiary/aromatic N) is 3. The first kappa shape index (κ1) is 15.8. The van der Waals surface area contributed by atoms with Crippen molar-refractivity contribution in [3.8, 4) is 0 Å². The molecule has 5 nitrogen and oxygen atoms in total. The Labute approximate surface area is 133 Å². The van der Waals surface area contributed by atoms with Gasteiger partial charge < -0.3 is 14.7 Å². The number of fused-ring (bicyclic) bond motifs is 2. The van der Waals surface area contributed by atoms with E-state index in [1.54, 1.807) is 4.90 Å². The third kappa shape index (κ3) is 2.87. The lowest BCUT2D eigenvalue weighted by Gasteiger charge is -2.39. The van der Waals surface area contributed by atoms with Gasteiger partial charge in [0.25, 0.3) is 0 Å². The van der Waals surface area contributed by atoms with Crippen LogP contribution in [0.4, 0.5) is 0 Å². The number of hydrogen-bond acceptors (Lipinski definition) is 3. The first-order valence-corrected chi connectivity index (χ1v) is 8.48. The van der Waals surface area contributed by atoms with Crippen molar-refractivity contribution in [1.29, 1.82) is 0 Å². The molecular weight excluding hydrogens is 278 g/mol. The average molecular weight is 307 g/mol. The van der Waals surface area contributed by atoms with Crippen LogP contribution in [0.2, 0.25) is 0 Å². The molecule has 0 radical (unpaired) electrons. The standard InChI is InChI=1S/C17H29N3O2/c1-16(2)9-13-10-17(3,11-16)12-20(13)15(22)14(21)19-7-5-18(4)6-8-19/h13H,5-12H2,1-4H3. The maximum absolute atomic E-state index is 12.7.